The van der Waals surface area contributed by atoms with Gasteiger partial charge in [-0.25, -0.2) is 9.37 Å². The van der Waals surface area contributed by atoms with E-state index in [2.05, 4.69) is 26.2 Å². The van der Waals surface area contributed by atoms with Crippen molar-refractivity contribution in [3.63, 3.8) is 0 Å². The summed E-state index contributed by atoms with van der Waals surface area (Å²) in [7, 11) is 1.50. The molecule has 2 aromatic rings. The second-order valence-corrected chi connectivity index (χ2v) is 4.81. The van der Waals surface area contributed by atoms with E-state index in [4.69, 9.17) is 4.74 Å². The lowest BCUT2D eigenvalue weighted by Gasteiger charge is -2.09. The number of nitrogens with one attached hydrogen (secondary N) is 1. The molecule has 0 fully saturated rings. The molecule has 0 saturated carbocycles. The first kappa shape index (κ1) is 14.5. The Labute approximate surface area is 124 Å². The molecule has 0 radical (unpaired) electrons. The number of amides is 1. The van der Waals surface area contributed by atoms with Crippen LogP contribution < -0.4 is 10.1 Å². The van der Waals surface area contributed by atoms with Crippen molar-refractivity contribution in [3.05, 3.63) is 57.9 Å². The van der Waals surface area contributed by atoms with Gasteiger partial charge in [0.25, 0.3) is 5.91 Å². The molecule has 1 N–H and O–H groups in total. The van der Waals surface area contributed by atoms with Gasteiger partial charge < -0.3 is 10.1 Å². The fourth-order valence-electron chi connectivity index (χ4n) is 1.69. The molecule has 0 aliphatic rings. The molecule has 1 aromatic heterocycles. The second-order valence-electron chi connectivity index (χ2n) is 3.96. The monoisotopic (exact) mass is 338 g/mol. The van der Waals surface area contributed by atoms with Crippen LogP contribution >= 0.6 is 15.9 Å². The van der Waals surface area contributed by atoms with Crippen LogP contribution in [0.15, 0.2) is 41.0 Å². The van der Waals surface area contributed by atoms with E-state index >= 15 is 0 Å². The minimum absolute atomic E-state index is 0.0118. The third kappa shape index (κ3) is 3.14. The predicted octanol–water partition coefficient (Wildman–Crippen LogP) is 2.92. The van der Waals surface area contributed by atoms with Gasteiger partial charge in [0, 0.05) is 18.3 Å². The molecule has 20 heavy (non-hydrogen) atoms. The average Bonchev–Trinajstić information content (AvgIpc) is 2.48. The summed E-state index contributed by atoms with van der Waals surface area (Å²) >= 11 is 3.05. The highest BCUT2D eigenvalue weighted by atomic mass is 79.9. The third-order valence-electron chi connectivity index (χ3n) is 2.68. The number of nitrogens with zero attached hydrogens (tertiary/aromatic N) is 1. The Balaban J connectivity index is 2.11. The van der Waals surface area contributed by atoms with E-state index in [0.717, 1.165) is 5.56 Å². The fourth-order valence-corrected chi connectivity index (χ4v) is 2.06. The van der Waals surface area contributed by atoms with E-state index in [0.29, 0.717) is 5.88 Å². The van der Waals surface area contributed by atoms with E-state index < -0.39 is 11.7 Å². The number of ether oxygens (including phenoxy) is 1. The van der Waals surface area contributed by atoms with Crippen molar-refractivity contribution in [3.8, 4) is 5.88 Å². The quantitative estimate of drug-likeness (QED) is 0.932. The molecule has 0 unspecified atom stereocenters. The molecule has 6 heteroatoms. The van der Waals surface area contributed by atoms with E-state index in [-0.39, 0.29) is 16.6 Å². The van der Waals surface area contributed by atoms with Crippen LogP contribution in [-0.2, 0) is 6.54 Å². The lowest BCUT2D eigenvalue weighted by molar-refractivity contribution is 0.0946. The number of carbonyl (C=O) groups excluding carboxylic acids is 1. The topological polar surface area (TPSA) is 51.2 Å². The van der Waals surface area contributed by atoms with Crippen molar-refractivity contribution in [1.82, 2.24) is 10.3 Å². The SMILES string of the molecule is COc1ncccc1CNC(=O)c1cccc(Br)c1F. The van der Waals surface area contributed by atoms with Gasteiger partial charge in [-0.15, -0.1) is 0 Å². The largest absolute Gasteiger partial charge is 0.481 e. The number of hydrogen-bond acceptors (Lipinski definition) is 3. The summed E-state index contributed by atoms with van der Waals surface area (Å²) in [6.07, 6.45) is 1.60. The van der Waals surface area contributed by atoms with E-state index in [1.54, 1.807) is 24.4 Å². The number of methoxy groups -OCH3 is 1. The molecular formula is C14H12BrFN2O2. The number of aromatic nitrogens is 1. The molecule has 0 atom stereocenters. The first-order chi connectivity index (χ1) is 9.63. The minimum Gasteiger partial charge on any atom is -0.481 e. The molecule has 0 bridgehead atoms. The van der Waals surface area contributed by atoms with Crippen molar-refractivity contribution < 1.29 is 13.9 Å². The van der Waals surface area contributed by atoms with Gasteiger partial charge in [0.05, 0.1) is 17.1 Å². The Morgan fingerprint density at radius 3 is 2.95 bits per heavy atom. The summed E-state index contributed by atoms with van der Waals surface area (Å²) in [4.78, 5) is 16.0. The fraction of sp³-hybridized carbons (Fsp3) is 0.143. The number of pyridine rings is 1. The van der Waals surface area contributed by atoms with Crippen molar-refractivity contribution >= 4 is 21.8 Å². The van der Waals surface area contributed by atoms with Gasteiger partial charge >= 0.3 is 0 Å². The molecule has 0 spiro atoms. The molecule has 4 nitrogen and oxygen atoms in total. The van der Waals surface area contributed by atoms with Crippen LogP contribution in [0, 0.1) is 5.82 Å². The lowest BCUT2D eigenvalue weighted by atomic mass is 10.2. The van der Waals surface area contributed by atoms with Crippen LogP contribution in [0.2, 0.25) is 0 Å². The van der Waals surface area contributed by atoms with Crippen LogP contribution in [-0.4, -0.2) is 18.0 Å². The van der Waals surface area contributed by atoms with Crippen LogP contribution in [0.25, 0.3) is 0 Å². The van der Waals surface area contributed by atoms with E-state index in [1.807, 2.05) is 0 Å². The Bertz CT molecular complexity index is 634. The first-order valence-electron chi connectivity index (χ1n) is 5.83. The summed E-state index contributed by atoms with van der Waals surface area (Å²) in [5.41, 5.74) is 0.709. The van der Waals surface area contributed by atoms with Gasteiger partial charge in [-0.1, -0.05) is 12.1 Å². The summed E-state index contributed by atoms with van der Waals surface area (Å²) in [6.45, 7) is 0.210. The zero-order valence-corrected chi connectivity index (χ0v) is 12.3. The standard InChI is InChI=1S/C14H12BrFN2O2/c1-20-14-9(4-3-7-17-14)8-18-13(19)10-5-2-6-11(15)12(10)16/h2-7H,8H2,1H3,(H,18,19). The average molecular weight is 339 g/mol. The molecule has 0 aliphatic carbocycles. The highest BCUT2D eigenvalue weighted by Gasteiger charge is 2.14. The molecule has 104 valence electrons. The third-order valence-corrected chi connectivity index (χ3v) is 3.29. The zero-order chi connectivity index (χ0) is 14.5. The van der Waals surface area contributed by atoms with E-state index in [1.165, 1.54) is 19.2 Å². The Morgan fingerprint density at radius 2 is 2.20 bits per heavy atom. The van der Waals surface area contributed by atoms with Gasteiger partial charge in [-0.05, 0) is 34.1 Å². The number of halogens is 2. The van der Waals surface area contributed by atoms with Gasteiger partial charge in [-0.2, -0.15) is 0 Å². The predicted molar refractivity (Wildman–Crippen MR) is 76.1 cm³/mol. The van der Waals surface area contributed by atoms with Crippen molar-refractivity contribution in [2.24, 2.45) is 0 Å². The molecule has 1 amide bonds. The molecular weight excluding hydrogens is 327 g/mol. The summed E-state index contributed by atoms with van der Waals surface area (Å²) < 4.78 is 19.1. The number of carbonyl (C=O) groups is 1. The Morgan fingerprint density at radius 1 is 1.40 bits per heavy atom. The van der Waals surface area contributed by atoms with Crippen molar-refractivity contribution in [2.75, 3.05) is 7.11 Å². The van der Waals surface area contributed by atoms with Gasteiger partial charge in [0.1, 0.15) is 5.82 Å². The van der Waals surface area contributed by atoms with Crippen LogP contribution in [0.4, 0.5) is 4.39 Å². The smallest absolute Gasteiger partial charge is 0.254 e. The van der Waals surface area contributed by atoms with Crippen molar-refractivity contribution in [1.29, 1.82) is 0 Å². The van der Waals surface area contributed by atoms with Crippen LogP contribution in [0.3, 0.4) is 0 Å². The number of rotatable bonds is 4. The normalized spacial score (nSPS) is 10.2. The van der Waals surface area contributed by atoms with Gasteiger partial charge in [-0.3, -0.25) is 4.79 Å². The van der Waals surface area contributed by atoms with Gasteiger partial charge in [0.2, 0.25) is 5.88 Å². The van der Waals surface area contributed by atoms with Gasteiger partial charge in [0.15, 0.2) is 0 Å². The highest BCUT2D eigenvalue weighted by Crippen LogP contribution is 2.19. The molecule has 0 aliphatic heterocycles. The molecule has 1 aromatic carbocycles. The lowest BCUT2D eigenvalue weighted by Crippen LogP contribution is -2.24. The number of hydrogen-bond donors (Lipinski definition) is 1. The maximum Gasteiger partial charge on any atom is 0.254 e. The Hall–Kier alpha value is -1.95. The van der Waals surface area contributed by atoms with Crippen LogP contribution in [0.1, 0.15) is 15.9 Å². The highest BCUT2D eigenvalue weighted by molar-refractivity contribution is 9.10. The zero-order valence-electron chi connectivity index (χ0n) is 10.7. The maximum atomic E-state index is 13.8. The molecule has 2 rings (SSSR count). The number of benzene rings is 1. The molecule has 1 heterocycles. The summed E-state index contributed by atoms with van der Waals surface area (Å²) in [6, 6.07) is 8.09. The Kier molecular flexibility index (Phi) is 4.68. The maximum absolute atomic E-state index is 13.8. The first-order valence-corrected chi connectivity index (χ1v) is 6.63. The summed E-state index contributed by atoms with van der Waals surface area (Å²) in [5.74, 6) is -0.639. The summed E-state index contributed by atoms with van der Waals surface area (Å²) in [5, 5.41) is 2.64. The second kappa shape index (κ2) is 6.47. The van der Waals surface area contributed by atoms with Crippen molar-refractivity contribution in [2.45, 2.75) is 6.54 Å². The molecule has 0 saturated heterocycles. The van der Waals surface area contributed by atoms with E-state index in [9.17, 15) is 9.18 Å². The van der Waals surface area contributed by atoms with Crippen LogP contribution in [0.5, 0.6) is 5.88 Å². The minimum atomic E-state index is -0.580.